The van der Waals surface area contributed by atoms with E-state index in [4.69, 9.17) is 14.2 Å². The first kappa shape index (κ1) is 30.6. The predicted molar refractivity (Wildman–Crippen MR) is 147 cm³/mol. The van der Waals surface area contributed by atoms with Gasteiger partial charge in [0.15, 0.2) is 22.9 Å². The number of thiazole rings is 1. The third-order valence-electron chi connectivity index (χ3n) is 6.21. The van der Waals surface area contributed by atoms with Gasteiger partial charge < -0.3 is 18.9 Å². The van der Waals surface area contributed by atoms with Crippen molar-refractivity contribution in [3.63, 3.8) is 0 Å². The summed E-state index contributed by atoms with van der Waals surface area (Å²) in [6, 6.07) is 8.24. The molecule has 222 valence electrons. The van der Waals surface area contributed by atoms with Crippen molar-refractivity contribution >= 4 is 29.4 Å². The highest BCUT2D eigenvalue weighted by molar-refractivity contribution is 7.07. The maximum absolute atomic E-state index is 13.8. The summed E-state index contributed by atoms with van der Waals surface area (Å²) >= 11 is 1.04. The zero-order chi connectivity index (χ0) is 30.6. The number of hydrogen-bond donors (Lipinski definition) is 0. The van der Waals surface area contributed by atoms with Crippen LogP contribution in [0.5, 0.6) is 11.5 Å². The van der Waals surface area contributed by atoms with E-state index in [1.807, 2.05) is 0 Å². The van der Waals surface area contributed by atoms with Crippen molar-refractivity contribution in [1.82, 2.24) is 4.57 Å². The number of ether oxygens (including phenoxy) is 4. The lowest BCUT2D eigenvalue weighted by molar-refractivity contribution is -0.143. The Balaban J connectivity index is 1.87. The minimum Gasteiger partial charge on any atom is -0.490 e. The molecule has 0 saturated carbocycles. The van der Waals surface area contributed by atoms with Gasteiger partial charge in [-0.1, -0.05) is 29.5 Å². The second-order valence-corrected chi connectivity index (χ2v) is 9.94. The number of esters is 2. The molecule has 4 rings (SSSR count). The number of benzene rings is 2. The molecule has 0 aliphatic carbocycles. The standard InChI is InChI=1S/C29H27F3N2O7S/c1-5-39-21-14-18(9-12-20(21)41-15-23(35)38-4)25-24(27(37)40-6-2)16(3)33-28-34(25)26(36)22(42-28)13-17-7-10-19(11-8-17)29(30,31)32/h7-14,25H,5-6,15H2,1-4H3/b22-13-/t25-/m0/s1. The molecular weight excluding hydrogens is 577 g/mol. The summed E-state index contributed by atoms with van der Waals surface area (Å²) in [7, 11) is 1.23. The lowest BCUT2D eigenvalue weighted by Gasteiger charge is -2.25. The number of hydrogen-bond acceptors (Lipinski definition) is 9. The van der Waals surface area contributed by atoms with E-state index in [1.54, 1.807) is 39.0 Å². The zero-order valence-corrected chi connectivity index (χ0v) is 23.9. The van der Waals surface area contributed by atoms with Crippen LogP contribution in [0.1, 0.15) is 43.5 Å². The van der Waals surface area contributed by atoms with Gasteiger partial charge in [0.05, 0.1) is 47.7 Å². The minimum atomic E-state index is -4.49. The largest absolute Gasteiger partial charge is 0.490 e. The van der Waals surface area contributed by atoms with E-state index in [0.717, 1.165) is 23.5 Å². The topological polar surface area (TPSA) is 105 Å². The summed E-state index contributed by atoms with van der Waals surface area (Å²) in [5.74, 6) is -0.739. The monoisotopic (exact) mass is 604 g/mol. The van der Waals surface area contributed by atoms with Crippen molar-refractivity contribution in [2.75, 3.05) is 26.9 Å². The molecule has 1 aliphatic rings. The van der Waals surface area contributed by atoms with Crippen LogP contribution < -0.4 is 24.4 Å². The van der Waals surface area contributed by atoms with Crippen LogP contribution in [0.25, 0.3) is 6.08 Å². The summed E-state index contributed by atoms with van der Waals surface area (Å²) in [4.78, 5) is 43.3. The first-order valence-corrected chi connectivity index (χ1v) is 13.6. The van der Waals surface area contributed by atoms with E-state index in [0.29, 0.717) is 16.8 Å². The molecule has 1 aromatic heterocycles. The third-order valence-corrected chi connectivity index (χ3v) is 7.19. The molecule has 0 spiro atoms. The van der Waals surface area contributed by atoms with Crippen LogP contribution in [0.3, 0.4) is 0 Å². The van der Waals surface area contributed by atoms with E-state index in [-0.39, 0.29) is 46.2 Å². The van der Waals surface area contributed by atoms with Gasteiger partial charge in [-0.3, -0.25) is 9.36 Å². The number of fused-ring (bicyclic) bond motifs is 1. The smallest absolute Gasteiger partial charge is 0.416 e. The minimum absolute atomic E-state index is 0.0885. The van der Waals surface area contributed by atoms with Crippen molar-refractivity contribution in [3.8, 4) is 11.5 Å². The Kier molecular flexibility index (Phi) is 9.20. The van der Waals surface area contributed by atoms with Crippen LogP contribution in [0.4, 0.5) is 13.2 Å². The molecule has 13 heteroatoms. The number of aromatic nitrogens is 1. The third kappa shape index (κ3) is 6.40. The van der Waals surface area contributed by atoms with E-state index < -0.39 is 35.3 Å². The number of nitrogens with zero attached hydrogens (tertiary/aromatic N) is 2. The summed E-state index contributed by atoms with van der Waals surface area (Å²) in [6.45, 7) is 5.03. The fourth-order valence-corrected chi connectivity index (χ4v) is 5.35. The van der Waals surface area contributed by atoms with Gasteiger partial charge in [-0.25, -0.2) is 14.6 Å². The Morgan fingerprint density at radius 2 is 1.76 bits per heavy atom. The molecule has 2 heterocycles. The molecule has 0 amide bonds. The van der Waals surface area contributed by atoms with E-state index in [9.17, 15) is 27.6 Å². The van der Waals surface area contributed by atoms with Gasteiger partial charge in [0.25, 0.3) is 5.56 Å². The van der Waals surface area contributed by atoms with Crippen LogP contribution in [0.15, 0.2) is 63.5 Å². The molecule has 0 fully saturated rings. The van der Waals surface area contributed by atoms with E-state index >= 15 is 0 Å². The van der Waals surface area contributed by atoms with Crippen molar-refractivity contribution in [1.29, 1.82) is 0 Å². The van der Waals surface area contributed by atoms with Crippen LogP contribution in [0, 0.1) is 0 Å². The normalized spacial score (nSPS) is 15.1. The van der Waals surface area contributed by atoms with Gasteiger partial charge >= 0.3 is 18.1 Å². The maximum Gasteiger partial charge on any atom is 0.416 e. The van der Waals surface area contributed by atoms with Crippen molar-refractivity contribution in [2.45, 2.75) is 33.0 Å². The summed E-state index contributed by atoms with van der Waals surface area (Å²) in [5.41, 5.74) is 0.0305. The Hall–Kier alpha value is -4.39. The second kappa shape index (κ2) is 12.6. The van der Waals surface area contributed by atoms with Gasteiger partial charge in [0, 0.05) is 0 Å². The number of carbonyl (C=O) groups excluding carboxylic acids is 2. The number of carbonyl (C=O) groups is 2. The molecule has 0 radical (unpaired) electrons. The number of halogens is 3. The molecule has 42 heavy (non-hydrogen) atoms. The first-order chi connectivity index (χ1) is 20.0. The number of allylic oxidation sites excluding steroid dienone is 1. The van der Waals surface area contributed by atoms with Gasteiger partial charge in [-0.15, -0.1) is 0 Å². The molecule has 0 saturated heterocycles. The number of alkyl halides is 3. The quantitative estimate of drug-likeness (QED) is 0.343. The maximum atomic E-state index is 13.8. The Morgan fingerprint density at radius 1 is 1.05 bits per heavy atom. The molecule has 1 atom stereocenters. The highest BCUT2D eigenvalue weighted by atomic mass is 32.1. The van der Waals surface area contributed by atoms with Crippen LogP contribution in [-0.2, 0) is 25.2 Å². The number of rotatable bonds is 9. The average Bonchev–Trinajstić information content (AvgIpc) is 3.25. The van der Waals surface area contributed by atoms with Crippen LogP contribution in [-0.4, -0.2) is 43.4 Å². The molecule has 1 aliphatic heterocycles. The van der Waals surface area contributed by atoms with Gasteiger partial charge in [0.1, 0.15) is 0 Å². The Bertz CT molecular complexity index is 1710. The summed E-state index contributed by atoms with van der Waals surface area (Å²) in [6.07, 6.45) is -3.01. The SMILES string of the molecule is CCOC(=O)C1=C(C)N=c2s/c(=C\c3ccc(C(F)(F)F)cc3)c(=O)n2[C@H]1c1ccc(OCC(=O)OC)c(OCC)c1. The lowest BCUT2D eigenvalue weighted by Crippen LogP contribution is -2.40. The van der Waals surface area contributed by atoms with Crippen molar-refractivity contribution in [3.05, 3.63) is 90.1 Å². The Labute approximate surface area is 242 Å². The van der Waals surface area contributed by atoms with Crippen molar-refractivity contribution in [2.24, 2.45) is 4.99 Å². The highest BCUT2D eigenvalue weighted by Gasteiger charge is 2.34. The van der Waals surface area contributed by atoms with Gasteiger partial charge in [0.2, 0.25) is 0 Å². The van der Waals surface area contributed by atoms with Gasteiger partial charge in [-0.05, 0) is 62.2 Å². The second-order valence-electron chi connectivity index (χ2n) is 8.93. The van der Waals surface area contributed by atoms with Crippen LogP contribution in [0.2, 0.25) is 0 Å². The van der Waals surface area contributed by atoms with Crippen molar-refractivity contribution < 1.29 is 41.7 Å². The fourth-order valence-electron chi connectivity index (χ4n) is 4.30. The first-order valence-electron chi connectivity index (χ1n) is 12.8. The molecular formula is C29H27F3N2O7S. The van der Waals surface area contributed by atoms with Gasteiger partial charge in [-0.2, -0.15) is 13.2 Å². The fraction of sp³-hybridized carbons (Fsp3) is 0.310. The highest BCUT2D eigenvalue weighted by Crippen LogP contribution is 2.36. The lowest BCUT2D eigenvalue weighted by atomic mass is 9.95. The van der Waals surface area contributed by atoms with E-state index in [1.165, 1.54) is 29.9 Å². The molecule has 3 aromatic rings. The summed E-state index contributed by atoms with van der Waals surface area (Å²) in [5, 5.41) is 0. The average molecular weight is 605 g/mol. The number of methoxy groups -OCH3 is 1. The van der Waals surface area contributed by atoms with E-state index in [2.05, 4.69) is 9.73 Å². The molecule has 0 N–H and O–H groups in total. The molecule has 2 aromatic carbocycles. The molecule has 0 unspecified atom stereocenters. The summed E-state index contributed by atoms with van der Waals surface area (Å²) < 4.78 is 61.8. The predicted octanol–water partition coefficient (Wildman–Crippen LogP) is 3.77. The van der Waals surface area contributed by atoms with Crippen LogP contribution >= 0.6 is 11.3 Å². The Morgan fingerprint density at radius 3 is 2.38 bits per heavy atom. The molecule has 0 bridgehead atoms. The molecule has 9 nitrogen and oxygen atoms in total. The zero-order valence-electron chi connectivity index (χ0n) is 23.1.